The van der Waals surface area contributed by atoms with E-state index >= 15 is 0 Å². The number of carbonyl (C=O) groups excluding carboxylic acids is 1. The van der Waals surface area contributed by atoms with Crippen molar-refractivity contribution in [2.24, 2.45) is 5.92 Å². The van der Waals surface area contributed by atoms with Gasteiger partial charge in [-0.25, -0.2) is 4.79 Å². The van der Waals surface area contributed by atoms with E-state index in [0.29, 0.717) is 34.6 Å². The highest BCUT2D eigenvalue weighted by Gasteiger charge is 2.31. The van der Waals surface area contributed by atoms with Crippen molar-refractivity contribution in [1.82, 2.24) is 0 Å². The Balaban J connectivity index is 2.20. The summed E-state index contributed by atoms with van der Waals surface area (Å²) < 4.78 is 17.0. The van der Waals surface area contributed by atoms with Crippen molar-refractivity contribution in [3.63, 3.8) is 0 Å². The summed E-state index contributed by atoms with van der Waals surface area (Å²) in [6, 6.07) is 3.23. The number of fused-ring (bicyclic) bond motifs is 2. The van der Waals surface area contributed by atoms with Gasteiger partial charge >= 0.3 is 5.97 Å². The molecular formula is C23H27ClO6. The largest absolute Gasteiger partial charge is 0.504 e. The number of hydrogen-bond donors (Lipinski definition) is 2. The smallest absolute Gasteiger partial charge is 0.346 e. The van der Waals surface area contributed by atoms with Gasteiger partial charge in [-0.05, 0) is 43.4 Å². The molecule has 2 aromatic carbocycles. The molecule has 0 spiro atoms. The first-order valence-electron chi connectivity index (χ1n) is 9.97. The second-order valence-electron chi connectivity index (χ2n) is 7.81. The van der Waals surface area contributed by atoms with Crippen LogP contribution in [0.4, 0.5) is 0 Å². The summed E-state index contributed by atoms with van der Waals surface area (Å²) in [6.07, 6.45) is 0.251. The lowest BCUT2D eigenvalue weighted by Gasteiger charge is -2.25. The van der Waals surface area contributed by atoms with Crippen LogP contribution in [0.5, 0.6) is 23.0 Å². The van der Waals surface area contributed by atoms with Crippen molar-refractivity contribution < 1.29 is 29.2 Å². The van der Waals surface area contributed by atoms with E-state index in [1.807, 2.05) is 20.8 Å². The van der Waals surface area contributed by atoms with E-state index in [0.717, 1.165) is 5.56 Å². The molecule has 1 aliphatic heterocycles. The first kappa shape index (κ1) is 22.2. The second kappa shape index (κ2) is 8.74. The van der Waals surface area contributed by atoms with Gasteiger partial charge in [0.15, 0.2) is 11.5 Å². The topological polar surface area (TPSA) is 85.2 Å². The van der Waals surface area contributed by atoms with Crippen LogP contribution >= 0.6 is 11.6 Å². The van der Waals surface area contributed by atoms with Gasteiger partial charge in [-0.1, -0.05) is 32.4 Å². The van der Waals surface area contributed by atoms with Crippen LogP contribution in [0.3, 0.4) is 0 Å². The molecule has 1 aliphatic rings. The van der Waals surface area contributed by atoms with Crippen molar-refractivity contribution in [3.8, 4) is 23.0 Å². The molecule has 0 radical (unpaired) electrons. The predicted octanol–water partition coefficient (Wildman–Crippen LogP) is 5.47. The standard InChI is InChI=1S/C23H27ClO6/c1-6-13-12(4)19(24)15-10-29-23(27)18-17(30-22(15)20(13)26)8-7-14(21(18)28-5)16(25)9-11(2)3/h7-8,11,16,25-26H,6,9-10H2,1-5H3/t16-/m0/s1. The number of halogens is 1. The van der Waals surface area contributed by atoms with Crippen molar-refractivity contribution in [3.05, 3.63) is 45.0 Å². The number of ether oxygens (including phenoxy) is 3. The molecule has 162 valence electrons. The monoisotopic (exact) mass is 434 g/mol. The van der Waals surface area contributed by atoms with Crippen LogP contribution in [-0.2, 0) is 17.8 Å². The molecule has 0 unspecified atom stereocenters. The Kier molecular flexibility index (Phi) is 6.48. The molecule has 0 saturated carbocycles. The van der Waals surface area contributed by atoms with Crippen LogP contribution in [0, 0.1) is 12.8 Å². The Bertz CT molecular complexity index is 983. The van der Waals surface area contributed by atoms with E-state index in [1.165, 1.54) is 7.11 Å². The average Bonchev–Trinajstić information content (AvgIpc) is 2.69. The molecule has 0 saturated heterocycles. The third-order valence-corrected chi connectivity index (χ3v) is 5.86. The SMILES string of the molecule is CCc1c(C)c(Cl)c2c(c1O)Oc1ccc([C@@H](O)CC(C)C)c(OC)c1C(=O)OC2. The number of methoxy groups -OCH3 is 1. The Hall–Kier alpha value is -2.44. The molecule has 0 aromatic heterocycles. The Morgan fingerprint density at radius 3 is 2.60 bits per heavy atom. The van der Waals surface area contributed by atoms with E-state index in [4.69, 9.17) is 25.8 Å². The minimum atomic E-state index is -0.812. The molecule has 6 nitrogen and oxygen atoms in total. The third kappa shape index (κ3) is 3.82. The van der Waals surface area contributed by atoms with Gasteiger partial charge in [-0.2, -0.15) is 0 Å². The fourth-order valence-corrected chi connectivity index (χ4v) is 4.08. The Morgan fingerprint density at radius 1 is 1.30 bits per heavy atom. The number of aliphatic hydroxyl groups excluding tert-OH is 1. The number of rotatable bonds is 5. The lowest BCUT2D eigenvalue weighted by Crippen LogP contribution is -2.15. The van der Waals surface area contributed by atoms with Gasteiger partial charge in [0, 0.05) is 11.1 Å². The summed E-state index contributed by atoms with van der Waals surface area (Å²) in [4.78, 5) is 12.9. The number of cyclic esters (lactones) is 1. The second-order valence-corrected chi connectivity index (χ2v) is 8.19. The Morgan fingerprint density at radius 2 is 2.00 bits per heavy atom. The molecule has 0 bridgehead atoms. The molecule has 1 atom stereocenters. The van der Waals surface area contributed by atoms with Gasteiger partial charge < -0.3 is 24.4 Å². The van der Waals surface area contributed by atoms with Crippen LogP contribution in [0.25, 0.3) is 0 Å². The number of aliphatic hydroxyl groups is 1. The number of esters is 1. The molecule has 2 aromatic rings. The van der Waals surface area contributed by atoms with Crippen LogP contribution in [0.15, 0.2) is 12.1 Å². The van der Waals surface area contributed by atoms with Gasteiger partial charge in [0.25, 0.3) is 0 Å². The summed E-state index contributed by atoms with van der Waals surface area (Å²) in [5.74, 6) is 0.0865. The number of carbonyl (C=O) groups is 1. The van der Waals surface area contributed by atoms with E-state index in [1.54, 1.807) is 19.1 Å². The first-order valence-corrected chi connectivity index (χ1v) is 10.4. The summed E-state index contributed by atoms with van der Waals surface area (Å²) in [5, 5.41) is 21.8. The van der Waals surface area contributed by atoms with Crippen LogP contribution in [-0.4, -0.2) is 23.3 Å². The van der Waals surface area contributed by atoms with E-state index in [2.05, 4.69) is 0 Å². The summed E-state index contributed by atoms with van der Waals surface area (Å²) >= 11 is 6.50. The lowest BCUT2D eigenvalue weighted by molar-refractivity contribution is 0.0454. The summed E-state index contributed by atoms with van der Waals surface area (Å²) in [7, 11) is 1.42. The molecule has 7 heteroatoms. The lowest BCUT2D eigenvalue weighted by atomic mass is 9.96. The zero-order chi connectivity index (χ0) is 22.2. The quantitative estimate of drug-likeness (QED) is 0.607. The number of hydrogen-bond acceptors (Lipinski definition) is 6. The molecule has 3 rings (SSSR count). The minimum absolute atomic E-state index is 0.0267. The van der Waals surface area contributed by atoms with Crippen LogP contribution in [0.2, 0.25) is 5.02 Å². The fraction of sp³-hybridized carbons (Fsp3) is 0.435. The molecule has 0 fully saturated rings. The molecule has 2 N–H and O–H groups in total. The fourth-order valence-electron chi connectivity index (χ4n) is 3.82. The highest BCUT2D eigenvalue weighted by Crippen LogP contribution is 2.48. The van der Waals surface area contributed by atoms with Crippen molar-refractivity contribution in [2.75, 3.05) is 7.11 Å². The third-order valence-electron chi connectivity index (χ3n) is 5.35. The number of phenolic OH excluding ortho intramolecular Hbond substituents is 1. The van der Waals surface area contributed by atoms with E-state index < -0.39 is 12.1 Å². The van der Waals surface area contributed by atoms with Gasteiger partial charge in [-0.15, -0.1) is 0 Å². The maximum absolute atomic E-state index is 12.9. The van der Waals surface area contributed by atoms with Crippen LogP contribution < -0.4 is 9.47 Å². The van der Waals surface area contributed by atoms with E-state index in [9.17, 15) is 15.0 Å². The maximum atomic E-state index is 12.9. The zero-order valence-corrected chi connectivity index (χ0v) is 18.6. The van der Waals surface area contributed by atoms with Gasteiger partial charge in [0.05, 0.1) is 23.8 Å². The van der Waals surface area contributed by atoms with Gasteiger partial charge in [0.2, 0.25) is 0 Å². The summed E-state index contributed by atoms with van der Waals surface area (Å²) in [5.41, 5.74) is 2.35. The average molecular weight is 435 g/mol. The maximum Gasteiger partial charge on any atom is 0.346 e. The molecule has 1 heterocycles. The van der Waals surface area contributed by atoms with Crippen molar-refractivity contribution in [1.29, 1.82) is 0 Å². The number of benzene rings is 2. The van der Waals surface area contributed by atoms with Gasteiger partial charge in [0.1, 0.15) is 23.7 Å². The molecule has 30 heavy (non-hydrogen) atoms. The molecule has 0 amide bonds. The summed E-state index contributed by atoms with van der Waals surface area (Å²) in [6.45, 7) is 7.55. The molecule has 0 aliphatic carbocycles. The highest BCUT2D eigenvalue weighted by atomic mass is 35.5. The predicted molar refractivity (Wildman–Crippen MR) is 114 cm³/mol. The van der Waals surface area contributed by atoms with Crippen molar-refractivity contribution >= 4 is 17.6 Å². The minimum Gasteiger partial charge on any atom is -0.504 e. The van der Waals surface area contributed by atoms with E-state index in [-0.39, 0.29) is 41.1 Å². The van der Waals surface area contributed by atoms with Gasteiger partial charge in [-0.3, -0.25) is 0 Å². The molecular weight excluding hydrogens is 408 g/mol. The highest BCUT2D eigenvalue weighted by molar-refractivity contribution is 6.32. The zero-order valence-electron chi connectivity index (χ0n) is 17.8. The van der Waals surface area contributed by atoms with Crippen molar-refractivity contribution in [2.45, 2.75) is 53.2 Å². The Labute approximate surface area is 181 Å². The van der Waals surface area contributed by atoms with Crippen LogP contribution in [0.1, 0.15) is 65.9 Å². The number of phenols is 1. The number of aromatic hydroxyl groups is 1. The normalized spacial score (nSPS) is 14.2. The first-order chi connectivity index (χ1) is 14.2.